The van der Waals surface area contributed by atoms with Crippen LogP contribution in [-0.2, 0) is 47.6 Å². The lowest BCUT2D eigenvalue weighted by atomic mass is 10.0. The number of carbonyl (C=O) groups excluding carboxylic acids is 4. The first-order chi connectivity index (χ1) is 36.3. The van der Waals surface area contributed by atoms with Crippen molar-refractivity contribution in [2.45, 2.75) is 269 Å². The smallest absolute Gasteiger partial charge is 0.306 e. The molecule has 0 aromatic rings. The first kappa shape index (κ1) is 68.7. The number of ether oxygens (including phenoxy) is 6. The van der Waals surface area contributed by atoms with E-state index in [1.165, 1.54) is 77.0 Å². The Balaban J connectivity index is 2.39. The molecule has 0 spiro atoms. The average molecular weight is 1040 g/mol. The van der Waals surface area contributed by atoms with Crippen molar-refractivity contribution in [3.8, 4) is 0 Å². The van der Waals surface area contributed by atoms with Gasteiger partial charge in [-0.15, -0.1) is 26.3 Å². The van der Waals surface area contributed by atoms with Crippen LogP contribution in [0, 0.1) is 5.92 Å². The number of esters is 4. The third-order valence-corrected chi connectivity index (χ3v) is 14.0. The van der Waals surface area contributed by atoms with Crippen molar-refractivity contribution < 1.29 is 47.6 Å². The molecule has 11 heteroatoms. The molecule has 1 aliphatic rings. The number of likely N-dealkylation sites (tertiary alicyclic amines) is 1. The second-order valence-corrected chi connectivity index (χ2v) is 21.1. The summed E-state index contributed by atoms with van der Waals surface area (Å²) in [7, 11) is 0. The Morgan fingerprint density at radius 2 is 0.743 bits per heavy atom. The zero-order valence-electron chi connectivity index (χ0n) is 47.3. The summed E-state index contributed by atoms with van der Waals surface area (Å²) in [5.41, 5.74) is 0. The van der Waals surface area contributed by atoms with Crippen molar-refractivity contribution in [2.24, 2.45) is 5.92 Å². The largest absolute Gasteiger partial charge is 0.465 e. The van der Waals surface area contributed by atoms with E-state index >= 15 is 0 Å². The minimum Gasteiger partial charge on any atom is -0.465 e. The summed E-state index contributed by atoms with van der Waals surface area (Å²) in [6.45, 7) is 19.5. The predicted molar refractivity (Wildman–Crippen MR) is 304 cm³/mol. The minimum absolute atomic E-state index is 0.00669. The van der Waals surface area contributed by atoms with Gasteiger partial charge in [0, 0.05) is 32.3 Å². The number of allylic oxidation sites excluding steroid dienone is 4. The van der Waals surface area contributed by atoms with Crippen LogP contribution in [0.1, 0.15) is 257 Å². The summed E-state index contributed by atoms with van der Waals surface area (Å²) in [6, 6.07) is 0. The zero-order valence-corrected chi connectivity index (χ0v) is 47.3. The Morgan fingerprint density at radius 1 is 0.392 bits per heavy atom. The van der Waals surface area contributed by atoms with Crippen LogP contribution in [0.25, 0.3) is 0 Å². The molecule has 1 fully saturated rings. The van der Waals surface area contributed by atoms with Crippen molar-refractivity contribution in [1.82, 2.24) is 4.90 Å². The van der Waals surface area contributed by atoms with Gasteiger partial charge in [-0.05, 0) is 167 Å². The van der Waals surface area contributed by atoms with Gasteiger partial charge in [-0.2, -0.15) is 0 Å². The molecule has 0 radical (unpaired) electrons. The standard InChI is InChI=1S/C63H111NO10/c1-5-9-13-17-22-30-41-58(42-31-23-18-14-10-6-2)73-62(67)46-35-26-21-29-39-52-69-56-70-53-57(55-72-61(66)48-40-51-64-49-37-38-50-64)54-71-60(65)45-34-27-28-36-47-63(68)74-59(43-32-24-19-15-11-7-3)44-33-25-20-16-12-8-4/h5-8,57-59H,1-4,9-56H2. The summed E-state index contributed by atoms with van der Waals surface area (Å²) < 4.78 is 34.9. The minimum atomic E-state index is -0.309. The lowest BCUT2D eigenvalue weighted by Crippen LogP contribution is -2.26. The van der Waals surface area contributed by atoms with Crippen LogP contribution in [0.5, 0.6) is 0 Å². The highest BCUT2D eigenvalue weighted by molar-refractivity contribution is 5.70. The average Bonchev–Trinajstić information content (AvgIpc) is 3.92. The summed E-state index contributed by atoms with van der Waals surface area (Å²) in [6.07, 6.45) is 47.0. The van der Waals surface area contributed by atoms with Gasteiger partial charge in [0.2, 0.25) is 0 Å². The third kappa shape index (κ3) is 46.1. The molecule has 1 saturated heterocycles. The molecular weight excluding hydrogens is 931 g/mol. The quantitative estimate of drug-likeness (QED) is 0.0190. The van der Waals surface area contributed by atoms with Crippen LogP contribution in [0.3, 0.4) is 0 Å². The second-order valence-electron chi connectivity index (χ2n) is 21.1. The van der Waals surface area contributed by atoms with Crippen molar-refractivity contribution in [3.63, 3.8) is 0 Å². The first-order valence-corrected chi connectivity index (χ1v) is 30.3. The van der Waals surface area contributed by atoms with E-state index in [0.717, 1.165) is 167 Å². The van der Waals surface area contributed by atoms with Gasteiger partial charge in [0.25, 0.3) is 0 Å². The van der Waals surface area contributed by atoms with E-state index in [4.69, 9.17) is 28.4 Å². The van der Waals surface area contributed by atoms with E-state index in [1.807, 2.05) is 24.3 Å². The lowest BCUT2D eigenvalue weighted by molar-refractivity contribution is -0.153. The highest BCUT2D eigenvalue weighted by atomic mass is 16.7. The SMILES string of the molecule is C=CCCCCCCC(CCCCCCC=C)OC(=O)CCCCCCCOCOCC(COC(=O)CCCCCCC(=O)OC(CCCCCCC=C)CCCCCCC=C)COC(=O)CCCN1CCCC1. The van der Waals surface area contributed by atoms with Gasteiger partial charge in [-0.25, -0.2) is 0 Å². The monoisotopic (exact) mass is 1040 g/mol. The maximum Gasteiger partial charge on any atom is 0.306 e. The van der Waals surface area contributed by atoms with Crippen LogP contribution < -0.4 is 0 Å². The molecular formula is C63H111NO10. The normalized spacial score (nSPS) is 13.0. The Hall–Kier alpha value is -3.28. The van der Waals surface area contributed by atoms with Gasteiger partial charge in [0.1, 0.15) is 19.0 Å². The van der Waals surface area contributed by atoms with Crippen LogP contribution in [0.15, 0.2) is 50.6 Å². The third-order valence-electron chi connectivity index (χ3n) is 14.0. The Kier molecular flexibility index (Phi) is 49.4. The molecule has 0 aromatic carbocycles. The highest BCUT2D eigenvalue weighted by Crippen LogP contribution is 2.20. The number of rotatable bonds is 57. The van der Waals surface area contributed by atoms with E-state index in [0.29, 0.717) is 32.3 Å². The summed E-state index contributed by atoms with van der Waals surface area (Å²) >= 11 is 0. The summed E-state index contributed by atoms with van der Waals surface area (Å²) in [5, 5.41) is 0. The van der Waals surface area contributed by atoms with Gasteiger partial charge >= 0.3 is 23.9 Å². The van der Waals surface area contributed by atoms with E-state index in [1.54, 1.807) is 0 Å². The van der Waals surface area contributed by atoms with Crippen LogP contribution >= 0.6 is 0 Å². The maximum absolute atomic E-state index is 12.8. The fourth-order valence-electron chi connectivity index (χ4n) is 9.46. The number of hydrogen-bond donors (Lipinski definition) is 0. The molecule has 74 heavy (non-hydrogen) atoms. The van der Waals surface area contributed by atoms with Gasteiger partial charge in [0.15, 0.2) is 0 Å². The molecule has 0 N–H and O–H groups in total. The second kappa shape index (κ2) is 53.1. The molecule has 1 rings (SSSR count). The van der Waals surface area contributed by atoms with Crippen molar-refractivity contribution >= 4 is 23.9 Å². The van der Waals surface area contributed by atoms with Crippen molar-refractivity contribution in [1.29, 1.82) is 0 Å². The Labute approximate surface area is 453 Å². The van der Waals surface area contributed by atoms with Crippen LogP contribution in [0.4, 0.5) is 0 Å². The predicted octanol–water partition coefficient (Wildman–Crippen LogP) is 16.2. The summed E-state index contributed by atoms with van der Waals surface area (Å²) in [4.78, 5) is 53.4. The van der Waals surface area contributed by atoms with Gasteiger partial charge in [0.05, 0.1) is 25.7 Å². The molecule has 1 aliphatic heterocycles. The molecule has 0 aliphatic carbocycles. The summed E-state index contributed by atoms with van der Waals surface area (Å²) in [5.74, 6) is -1.02. The topological polar surface area (TPSA) is 127 Å². The maximum atomic E-state index is 12.8. The Morgan fingerprint density at radius 3 is 1.16 bits per heavy atom. The first-order valence-electron chi connectivity index (χ1n) is 30.3. The molecule has 1 heterocycles. The van der Waals surface area contributed by atoms with E-state index in [2.05, 4.69) is 31.2 Å². The van der Waals surface area contributed by atoms with Gasteiger partial charge in [-0.1, -0.05) is 108 Å². The molecule has 428 valence electrons. The number of carbonyl (C=O) groups is 4. The molecule has 1 unspecified atom stereocenters. The van der Waals surface area contributed by atoms with Crippen molar-refractivity contribution in [2.75, 3.05) is 52.9 Å². The highest BCUT2D eigenvalue weighted by Gasteiger charge is 2.19. The van der Waals surface area contributed by atoms with Gasteiger partial charge in [-0.3, -0.25) is 19.2 Å². The fourth-order valence-corrected chi connectivity index (χ4v) is 9.46. The molecule has 11 nitrogen and oxygen atoms in total. The molecule has 1 atom stereocenters. The van der Waals surface area contributed by atoms with Gasteiger partial charge < -0.3 is 33.3 Å². The molecule has 0 bridgehead atoms. The number of nitrogens with zero attached hydrogens (tertiary/aromatic N) is 1. The Bertz CT molecular complexity index is 1340. The lowest BCUT2D eigenvalue weighted by Gasteiger charge is -2.18. The van der Waals surface area contributed by atoms with Crippen molar-refractivity contribution in [3.05, 3.63) is 50.6 Å². The number of unbranched alkanes of at least 4 members (excludes halogenated alkanes) is 23. The zero-order chi connectivity index (χ0) is 53.6. The molecule has 0 amide bonds. The van der Waals surface area contributed by atoms with E-state index < -0.39 is 0 Å². The fraction of sp³-hybridized carbons (Fsp3) is 0.810. The molecule has 0 saturated carbocycles. The van der Waals surface area contributed by atoms with E-state index in [-0.39, 0.29) is 75.0 Å². The number of hydrogen-bond acceptors (Lipinski definition) is 11. The van der Waals surface area contributed by atoms with Crippen LogP contribution in [-0.4, -0.2) is 93.8 Å². The van der Waals surface area contributed by atoms with Crippen LogP contribution in [0.2, 0.25) is 0 Å². The molecule has 0 aromatic heterocycles. The van der Waals surface area contributed by atoms with E-state index in [9.17, 15) is 19.2 Å².